The van der Waals surface area contributed by atoms with Gasteiger partial charge in [0, 0.05) is 20.1 Å². The smallest absolute Gasteiger partial charge is 0.264 e. The Morgan fingerprint density at radius 3 is 2.54 bits per heavy atom. The summed E-state index contributed by atoms with van der Waals surface area (Å²) in [4.78, 5) is 14.6. The predicted molar refractivity (Wildman–Crippen MR) is 108 cm³/mol. The predicted octanol–water partition coefficient (Wildman–Crippen LogP) is 4.18. The van der Waals surface area contributed by atoms with Crippen LogP contribution in [-0.2, 0) is 10.0 Å². The zero-order chi connectivity index (χ0) is 20.5. The summed E-state index contributed by atoms with van der Waals surface area (Å²) in [7, 11) is -2.56. The third-order valence-electron chi connectivity index (χ3n) is 4.96. The van der Waals surface area contributed by atoms with Crippen LogP contribution in [0.15, 0.2) is 47.4 Å². The molecule has 0 spiro atoms. The van der Waals surface area contributed by atoms with Crippen molar-refractivity contribution in [1.82, 2.24) is 4.90 Å². The summed E-state index contributed by atoms with van der Waals surface area (Å²) < 4.78 is 40.2. The van der Waals surface area contributed by atoms with Crippen molar-refractivity contribution in [2.45, 2.75) is 24.7 Å². The first-order valence-corrected chi connectivity index (χ1v) is 10.9. The van der Waals surface area contributed by atoms with Crippen LogP contribution in [0.4, 0.5) is 10.1 Å². The normalized spacial score (nSPS) is 17.4. The number of halogens is 2. The van der Waals surface area contributed by atoms with Gasteiger partial charge in [-0.05, 0) is 61.2 Å². The second-order valence-corrected chi connectivity index (χ2v) is 9.47. The molecule has 28 heavy (non-hydrogen) atoms. The van der Waals surface area contributed by atoms with E-state index in [1.807, 2.05) is 0 Å². The van der Waals surface area contributed by atoms with Gasteiger partial charge in [0.15, 0.2) is 0 Å². The van der Waals surface area contributed by atoms with E-state index in [1.165, 1.54) is 49.5 Å². The Kier molecular flexibility index (Phi) is 5.95. The van der Waals surface area contributed by atoms with Crippen molar-refractivity contribution in [3.8, 4) is 0 Å². The Labute approximate surface area is 169 Å². The lowest BCUT2D eigenvalue weighted by molar-refractivity contribution is 0.0683. The van der Waals surface area contributed by atoms with E-state index in [-0.39, 0.29) is 21.4 Å². The Morgan fingerprint density at radius 2 is 1.89 bits per heavy atom. The average Bonchev–Trinajstić information content (AvgIpc) is 2.67. The van der Waals surface area contributed by atoms with E-state index < -0.39 is 15.8 Å². The van der Waals surface area contributed by atoms with Gasteiger partial charge in [0.05, 0.1) is 21.2 Å². The maximum atomic E-state index is 13.1. The number of carbonyl (C=O) groups excluding carboxylic acids is 1. The van der Waals surface area contributed by atoms with Crippen LogP contribution in [0.2, 0.25) is 5.02 Å². The molecule has 0 aliphatic carbocycles. The molecule has 1 saturated heterocycles. The van der Waals surface area contributed by atoms with Crippen LogP contribution in [0, 0.1) is 11.7 Å². The summed E-state index contributed by atoms with van der Waals surface area (Å²) >= 11 is 6.21. The van der Waals surface area contributed by atoms with Crippen LogP contribution in [0.1, 0.15) is 30.1 Å². The summed E-state index contributed by atoms with van der Waals surface area (Å²) in [6, 6.07) is 9.25. The van der Waals surface area contributed by atoms with Crippen molar-refractivity contribution >= 4 is 33.2 Å². The van der Waals surface area contributed by atoms with Crippen molar-refractivity contribution in [1.29, 1.82) is 0 Å². The number of anilines is 1. The molecule has 1 atom stereocenters. The molecule has 1 aliphatic rings. The van der Waals surface area contributed by atoms with Crippen LogP contribution in [0.5, 0.6) is 0 Å². The van der Waals surface area contributed by atoms with E-state index >= 15 is 0 Å². The molecule has 5 nitrogen and oxygen atoms in total. The molecule has 1 unspecified atom stereocenters. The highest BCUT2D eigenvalue weighted by Gasteiger charge is 2.27. The molecule has 0 bridgehead atoms. The number of carbonyl (C=O) groups is 1. The van der Waals surface area contributed by atoms with Gasteiger partial charge in [-0.3, -0.25) is 9.10 Å². The number of sulfonamides is 1. The van der Waals surface area contributed by atoms with Gasteiger partial charge in [-0.25, -0.2) is 12.8 Å². The summed E-state index contributed by atoms with van der Waals surface area (Å²) in [5, 5.41) is 0.214. The standard InChI is InChI=1S/C20H22ClFN2O3S/c1-14-4-3-11-24(13-14)20(25)18-12-17(9-10-19(18)21)28(26,27)23(2)16-7-5-15(22)6-8-16/h5-10,12,14H,3-4,11,13H2,1-2H3. The third-order valence-corrected chi connectivity index (χ3v) is 7.07. The van der Waals surface area contributed by atoms with E-state index in [9.17, 15) is 17.6 Å². The molecule has 0 saturated carbocycles. The molecule has 1 amide bonds. The Hall–Kier alpha value is -2.12. The maximum absolute atomic E-state index is 13.1. The van der Waals surface area contributed by atoms with Gasteiger partial charge >= 0.3 is 0 Å². The van der Waals surface area contributed by atoms with Crippen molar-refractivity contribution in [3.05, 3.63) is 58.9 Å². The topological polar surface area (TPSA) is 57.7 Å². The first-order chi connectivity index (χ1) is 13.2. The van der Waals surface area contributed by atoms with Crippen LogP contribution in [0.25, 0.3) is 0 Å². The summed E-state index contributed by atoms with van der Waals surface area (Å²) in [5.74, 6) is -0.323. The molecule has 2 aromatic rings. The minimum atomic E-state index is -3.94. The van der Waals surface area contributed by atoms with Crippen LogP contribution < -0.4 is 4.31 Å². The number of benzene rings is 2. The van der Waals surface area contributed by atoms with Crippen molar-refractivity contribution in [3.63, 3.8) is 0 Å². The molecule has 150 valence electrons. The number of nitrogens with zero attached hydrogens (tertiary/aromatic N) is 2. The number of hydrogen-bond acceptors (Lipinski definition) is 3. The Morgan fingerprint density at radius 1 is 1.21 bits per heavy atom. The summed E-state index contributed by atoms with van der Waals surface area (Å²) in [5.41, 5.74) is 0.485. The second kappa shape index (κ2) is 8.09. The minimum Gasteiger partial charge on any atom is -0.338 e. The molecular formula is C20H22ClFN2O3S. The average molecular weight is 425 g/mol. The lowest BCUT2D eigenvalue weighted by Crippen LogP contribution is -2.39. The molecule has 3 rings (SSSR count). The molecule has 8 heteroatoms. The zero-order valence-corrected chi connectivity index (χ0v) is 17.3. The van der Waals surface area contributed by atoms with Gasteiger partial charge in [-0.2, -0.15) is 0 Å². The van der Waals surface area contributed by atoms with E-state index in [0.29, 0.717) is 24.7 Å². The van der Waals surface area contributed by atoms with Gasteiger partial charge in [-0.15, -0.1) is 0 Å². The maximum Gasteiger partial charge on any atom is 0.264 e. The van der Waals surface area contributed by atoms with Crippen molar-refractivity contribution in [2.75, 3.05) is 24.4 Å². The fourth-order valence-corrected chi connectivity index (χ4v) is 4.74. The van der Waals surface area contributed by atoms with Crippen LogP contribution in [-0.4, -0.2) is 39.4 Å². The number of piperidine rings is 1. The SMILES string of the molecule is CC1CCCN(C(=O)c2cc(S(=O)(=O)N(C)c3ccc(F)cc3)ccc2Cl)C1. The second-order valence-electron chi connectivity index (χ2n) is 7.09. The lowest BCUT2D eigenvalue weighted by atomic mass is 9.99. The van der Waals surface area contributed by atoms with Crippen molar-refractivity contribution < 1.29 is 17.6 Å². The fraction of sp³-hybridized carbons (Fsp3) is 0.350. The molecule has 1 heterocycles. The largest absolute Gasteiger partial charge is 0.338 e. The van der Waals surface area contributed by atoms with Crippen LogP contribution >= 0.6 is 11.6 Å². The molecule has 0 radical (unpaired) electrons. The molecule has 2 aromatic carbocycles. The molecule has 1 aliphatic heterocycles. The summed E-state index contributed by atoms with van der Waals surface area (Å²) in [6.07, 6.45) is 1.98. The van der Waals surface area contributed by atoms with E-state index in [4.69, 9.17) is 11.6 Å². The molecule has 0 aromatic heterocycles. The number of amides is 1. The zero-order valence-electron chi connectivity index (χ0n) is 15.7. The number of likely N-dealkylation sites (tertiary alicyclic amines) is 1. The van der Waals surface area contributed by atoms with Gasteiger partial charge in [-0.1, -0.05) is 18.5 Å². The molecular weight excluding hydrogens is 403 g/mol. The highest BCUT2D eigenvalue weighted by Crippen LogP contribution is 2.28. The van der Waals surface area contributed by atoms with Gasteiger partial charge < -0.3 is 4.90 Å². The first-order valence-electron chi connectivity index (χ1n) is 9.03. The van der Waals surface area contributed by atoms with E-state index in [0.717, 1.165) is 17.1 Å². The number of hydrogen-bond donors (Lipinski definition) is 0. The van der Waals surface area contributed by atoms with Gasteiger partial charge in [0.25, 0.3) is 15.9 Å². The van der Waals surface area contributed by atoms with E-state index in [1.54, 1.807) is 4.90 Å². The third kappa shape index (κ3) is 4.15. The monoisotopic (exact) mass is 424 g/mol. The lowest BCUT2D eigenvalue weighted by Gasteiger charge is -2.31. The highest BCUT2D eigenvalue weighted by atomic mass is 35.5. The number of rotatable bonds is 4. The molecule has 1 fully saturated rings. The quantitative estimate of drug-likeness (QED) is 0.739. The van der Waals surface area contributed by atoms with Crippen molar-refractivity contribution in [2.24, 2.45) is 5.92 Å². The van der Waals surface area contributed by atoms with Crippen LogP contribution in [0.3, 0.4) is 0 Å². The Bertz CT molecular complexity index is 979. The van der Waals surface area contributed by atoms with Gasteiger partial charge in [0.2, 0.25) is 0 Å². The Balaban J connectivity index is 1.93. The summed E-state index contributed by atoms with van der Waals surface area (Å²) in [6.45, 7) is 3.34. The fourth-order valence-electron chi connectivity index (χ4n) is 3.32. The molecule has 0 N–H and O–H groups in total. The van der Waals surface area contributed by atoms with E-state index in [2.05, 4.69) is 6.92 Å². The van der Waals surface area contributed by atoms with Gasteiger partial charge in [0.1, 0.15) is 5.82 Å². The first kappa shape index (κ1) is 20.6. The highest BCUT2D eigenvalue weighted by molar-refractivity contribution is 7.92. The minimum absolute atomic E-state index is 0.0443.